The van der Waals surface area contributed by atoms with Crippen LogP contribution >= 0.6 is 27.5 Å². The van der Waals surface area contributed by atoms with Crippen molar-refractivity contribution in [3.8, 4) is 0 Å². The van der Waals surface area contributed by atoms with Gasteiger partial charge < -0.3 is 0 Å². The summed E-state index contributed by atoms with van der Waals surface area (Å²) in [6.45, 7) is 0. The largest absolute Gasteiger partial charge is 0.274 e. The summed E-state index contributed by atoms with van der Waals surface area (Å²) in [5, 5.41) is 0.569. The van der Waals surface area contributed by atoms with E-state index >= 15 is 0 Å². The molecule has 1 saturated carbocycles. The van der Waals surface area contributed by atoms with Gasteiger partial charge >= 0.3 is 0 Å². The minimum Gasteiger partial charge on any atom is -0.274 e. The standard InChI is InChI=1S/C16H17BrClNO2/c17-12-8-11(4-5-13(12)18)19-14(20)9-16(10-15(19)21)6-2-1-3-7-16/h4-5,8H,1-3,6-7,9-10H2. The monoisotopic (exact) mass is 369 g/mol. The van der Waals surface area contributed by atoms with E-state index in [1.165, 1.54) is 11.3 Å². The Kier molecular flexibility index (Phi) is 4.10. The lowest BCUT2D eigenvalue weighted by Crippen LogP contribution is -2.48. The van der Waals surface area contributed by atoms with Crippen LogP contribution in [0.15, 0.2) is 22.7 Å². The van der Waals surface area contributed by atoms with E-state index in [0.29, 0.717) is 28.0 Å². The number of rotatable bonds is 1. The molecule has 112 valence electrons. The molecule has 2 aliphatic rings. The van der Waals surface area contributed by atoms with Crippen LogP contribution in [0.25, 0.3) is 0 Å². The van der Waals surface area contributed by atoms with E-state index in [-0.39, 0.29) is 17.2 Å². The van der Waals surface area contributed by atoms with Gasteiger partial charge in [0, 0.05) is 17.3 Å². The van der Waals surface area contributed by atoms with Gasteiger partial charge in [0.05, 0.1) is 10.7 Å². The summed E-state index contributed by atoms with van der Waals surface area (Å²) in [5.41, 5.74) is 0.527. The van der Waals surface area contributed by atoms with Gasteiger partial charge in [-0.25, -0.2) is 0 Å². The summed E-state index contributed by atoms with van der Waals surface area (Å²) in [5.74, 6) is -0.162. The maximum atomic E-state index is 12.5. The highest BCUT2D eigenvalue weighted by atomic mass is 79.9. The van der Waals surface area contributed by atoms with Crippen LogP contribution in [-0.4, -0.2) is 11.8 Å². The molecule has 0 aromatic heterocycles. The zero-order valence-corrected chi connectivity index (χ0v) is 14.0. The molecular weight excluding hydrogens is 354 g/mol. The number of carbonyl (C=O) groups is 2. The number of hydrogen-bond acceptors (Lipinski definition) is 2. The SMILES string of the molecule is O=C1CC2(CCCCC2)CC(=O)N1c1ccc(Cl)c(Br)c1. The van der Waals surface area contributed by atoms with Crippen molar-refractivity contribution in [2.75, 3.05) is 4.90 Å². The zero-order chi connectivity index (χ0) is 15.0. The van der Waals surface area contributed by atoms with Gasteiger partial charge in [0.15, 0.2) is 0 Å². The third-order valence-electron chi connectivity index (χ3n) is 4.63. The van der Waals surface area contributed by atoms with Gasteiger partial charge in [-0.15, -0.1) is 0 Å². The Labute approximate surface area is 137 Å². The first-order valence-electron chi connectivity index (χ1n) is 7.32. The molecule has 3 rings (SSSR count). The van der Waals surface area contributed by atoms with Crippen molar-refractivity contribution in [2.45, 2.75) is 44.9 Å². The van der Waals surface area contributed by atoms with Crippen LogP contribution < -0.4 is 4.90 Å². The molecule has 1 spiro atoms. The molecule has 2 fully saturated rings. The molecule has 0 bridgehead atoms. The number of halogens is 2. The van der Waals surface area contributed by atoms with Gasteiger partial charge in [0.2, 0.25) is 11.8 Å². The first-order valence-corrected chi connectivity index (χ1v) is 8.49. The Morgan fingerprint density at radius 1 is 1.05 bits per heavy atom. The van der Waals surface area contributed by atoms with Crippen LogP contribution in [0, 0.1) is 5.41 Å². The van der Waals surface area contributed by atoms with Crippen molar-refractivity contribution in [3.63, 3.8) is 0 Å². The van der Waals surface area contributed by atoms with Crippen molar-refractivity contribution < 1.29 is 9.59 Å². The summed E-state index contributed by atoms with van der Waals surface area (Å²) in [4.78, 5) is 26.4. The molecule has 2 amide bonds. The lowest BCUT2D eigenvalue weighted by atomic mass is 9.67. The number of hydrogen-bond donors (Lipinski definition) is 0. The normalized spacial score (nSPS) is 21.9. The summed E-state index contributed by atoms with van der Waals surface area (Å²) in [6, 6.07) is 5.16. The van der Waals surface area contributed by atoms with Gasteiger partial charge in [-0.05, 0) is 52.4 Å². The second-order valence-corrected chi connectivity index (χ2v) is 7.40. The number of imide groups is 1. The Morgan fingerprint density at radius 3 is 2.24 bits per heavy atom. The van der Waals surface area contributed by atoms with Crippen molar-refractivity contribution in [1.29, 1.82) is 0 Å². The van der Waals surface area contributed by atoms with Gasteiger partial charge in [0.1, 0.15) is 0 Å². The molecule has 21 heavy (non-hydrogen) atoms. The maximum absolute atomic E-state index is 12.5. The summed E-state index contributed by atoms with van der Waals surface area (Å²) in [6.07, 6.45) is 6.46. The van der Waals surface area contributed by atoms with E-state index in [2.05, 4.69) is 15.9 Å². The Bertz CT molecular complexity index is 576. The average molecular weight is 371 g/mol. The number of nitrogens with zero attached hydrogens (tertiary/aromatic N) is 1. The van der Waals surface area contributed by atoms with E-state index in [1.807, 2.05) is 0 Å². The Balaban J connectivity index is 1.86. The number of benzene rings is 1. The molecule has 1 aromatic rings. The van der Waals surface area contributed by atoms with Gasteiger partial charge in [-0.1, -0.05) is 30.9 Å². The molecule has 1 aromatic carbocycles. The molecule has 1 aliphatic carbocycles. The fourth-order valence-electron chi connectivity index (χ4n) is 3.57. The molecule has 5 heteroatoms. The fourth-order valence-corrected chi connectivity index (χ4v) is 4.05. The minimum absolute atomic E-state index is 0.0768. The third kappa shape index (κ3) is 2.88. The molecule has 3 nitrogen and oxygen atoms in total. The van der Waals surface area contributed by atoms with E-state index in [1.54, 1.807) is 18.2 Å². The highest BCUT2D eigenvalue weighted by molar-refractivity contribution is 9.10. The fraction of sp³-hybridized carbons (Fsp3) is 0.500. The molecular formula is C16H17BrClNO2. The van der Waals surface area contributed by atoms with Crippen molar-refractivity contribution in [3.05, 3.63) is 27.7 Å². The van der Waals surface area contributed by atoms with E-state index in [0.717, 1.165) is 25.7 Å². The Morgan fingerprint density at radius 2 is 1.67 bits per heavy atom. The van der Waals surface area contributed by atoms with E-state index in [4.69, 9.17) is 11.6 Å². The average Bonchev–Trinajstić information content (AvgIpc) is 2.42. The predicted octanol–water partition coefficient (Wildman–Crippen LogP) is 4.71. The zero-order valence-electron chi connectivity index (χ0n) is 11.7. The smallest absolute Gasteiger partial charge is 0.234 e. The third-order valence-corrected chi connectivity index (χ3v) is 5.84. The number of amides is 2. The summed E-state index contributed by atoms with van der Waals surface area (Å²) < 4.78 is 0.695. The maximum Gasteiger partial charge on any atom is 0.234 e. The molecule has 0 N–H and O–H groups in total. The van der Waals surface area contributed by atoms with Gasteiger partial charge in [-0.3, -0.25) is 14.5 Å². The lowest BCUT2D eigenvalue weighted by Gasteiger charge is -2.42. The lowest BCUT2D eigenvalue weighted by molar-refractivity contribution is -0.134. The van der Waals surface area contributed by atoms with Crippen LogP contribution in [0.4, 0.5) is 5.69 Å². The van der Waals surface area contributed by atoms with E-state index in [9.17, 15) is 9.59 Å². The second-order valence-electron chi connectivity index (χ2n) is 6.14. The van der Waals surface area contributed by atoms with Crippen molar-refractivity contribution in [2.24, 2.45) is 5.41 Å². The van der Waals surface area contributed by atoms with Crippen LogP contribution in [0.1, 0.15) is 44.9 Å². The van der Waals surface area contributed by atoms with Crippen LogP contribution in [0.2, 0.25) is 5.02 Å². The van der Waals surface area contributed by atoms with Gasteiger partial charge in [-0.2, -0.15) is 0 Å². The first kappa shape index (κ1) is 15.0. The predicted molar refractivity (Wildman–Crippen MR) is 86.4 cm³/mol. The summed E-state index contributed by atoms with van der Waals surface area (Å²) >= 11 is 9.32. The Hall–Kier alpha value is -0.870. The number of piperidine rings is 1. The molecule has 1 heterocycles. The molecule has 1 aliphatic heterocycles. The molecule has 0 atom stereocenters. The molecule has 1 saturated heterocycles. The summed E-state index contributed by atoms with van der Waals surface area (Å²) in [7, 11) is 0. The second kappa shape index (κ2) is 5.73. The quantitative estimate of drug-likeness (QED) is 0.672. The van der Waals surface area contributed by atoms with Crippen LogP contribution in [0.3, 0.4) is 0 Å². The van der Waals surface area contributed by atoms with Gasteiger partial charge in [0.25, 0.3) is 0 Å². The number of carbonyl (C=O) groups excluding carboxylic acids is 2. The minimum atomic E-state index is -0.0811. The van der Waals surface area contributed by atoms with Crippen LogP contribution in [0.5, 0.6) is 0 Å². The highest BCUT2D eigenvalue weighted by Gasteiger charge is 2.44. The number of anilines is 1. The topological polar surface area (TPSA) is 37.4 Å². The molecule has 0 radical (unpaired) electrons. The van der Waals surface area contributed by atoms with E-state index < -0.39 is 0 Å². The first-order chi connectivity index (χ1) is 10.0. The van der Waals surface area contributed by atoms with Crippen LogP contribution in [-0.2, 0) is 9.59 Å². The van der Waals surface area contributed by atoms with Crippen molar-refractivity contribution in [1.82, 2.24) is 0 Å². The van der Waals surface area contributed by atoms with Crippen molar-refractivity contribution >= 4 is 45.0 Å². The highest BCUT2D eigenvalue weighted by Crippen LogP contribution is 2.46. The molecule has 0 unspecified atom stereocenters.